The quantitative estimate of drug-likeness (QED) is 0.338. The number of hydrogen-bond acceptors (Lipinski definition) is 4. The van der Waals surface area contributed by atoms with E-state index in [-0.39, 0.29) is 0 Å². The van der Waals surface area contributed by atoms with Gasteiger partial charge in [-0.05, 0) is 37.0 Å². The first kappa shape index (κ1) is 21.8. The lowest BCUT2D eigenvalue weighted by molar-refractivity contribution is 0.128. The Balaban J connectivity index is 2.41. The Bertz CT molecular complexity index is 544. The summed E-state index contributed by atoms with van der Waals surface area (Å²) in [4.78, 5) is 15.7. The molecule has 26 heavy (non-hydrogen) atoms. The van der Waals surface area contributed by atoms with Crippen molar-refractivity contribution in [3.63, 3.8) is 0 Å². The third-order valence-corrected chi connectivity index (χ3v) is 3.53. The molecule has 0 saturated heterocycles. The molecule has 3 N–H and O–H groups in total. The van der Waals surface area contributed by atoms with Crippen LogP contribution < -0.4 is 16.0 Å². The van der Waals surface area contributed by atoms with Gasteiger partial charge < -0.3 is 20.1 Å². The molecular weight excluding hydrogens is 332 g/mol. The average Bonchev–Trinajstić information content (AvgIpc) is 2.63. The van der Waals surface area contributed by atoms with Crippen molar-refractivity contribution in [2.45, 2.75) is 33.7 Å². The Labute approximate surface area is 156 Å². The summed E-state index contributed by atoms with van der Waals surface area (Å²) in [5.41, 5.74) is 1.74. The minimum absolute atomic E-state index is 0.481. The highest BCUT2D eigenvalue weighted by atomic mass is 16.5. The molecule has 0 bridgehead atoms. The van der Waals surface area contributed by atoms with E-state index in [0.717, 1.165) is 31.1 Å². The lowest BCUT2D eigenvalue weighted by Crippen LogP contribution is -2.39. The number of carbonyl (C=O) groups is 1. The van der Waals surface area contributed by atoms with Gasteiger partial charge in [0, 0.05) is 25.4 Å². The van der Waals surface area contributed by atoms with Crippen LogP contribution in [0.2, 0.25) is 0 Å². The van der Waals surface area contributed by atoms with E-state index in [4.69, 9.17) is 4.74 Å². The Morgan fingerprint density at radius 2 is 1.88 bits per heavy atom. The molecule has 0 atom stereocenters. The fourth-order valence-electron chi connectivity index (χ4n) is 2.04. The molecule has 0 radical (unpaired) electrons. The maximum Gasteiger partial charge on any atom is 0.411 e. The number of ether oxygens (including phenoxy) is 2. The van der Waals surface area contributed by atoms with Crippen LogP contribution in [0, 0.1) is 5.92 Å². The molecule has 0 aliphatic rings. The summed E-state index contributed by atoms with van der Waals surface area (Å²) >= 11 is 0. The lowest BCUT2D eigenvalue weighted by Gasteiger charge is -2.12. The van der Waals surface area contributed by atoms with Gasteiger partial charge in [0.05, 0.1) is 20.3 Å². The molecule has 0 aliphatic heterocycles. The van der Waals surface area contributed by atoms with Gasteiger partial charge in [-0.15, -0.1) is 0 Å². The molecular formula is C19H32N4O3. The number of benzene rings is 1. The summed E-state index contributed by atoms with van der Waals surface area (Å²) in [6.07, 6.45) is 0.597. The number of hydrogen-bond donors (Lipinski definition) is 3. The second-order valence-electron chi connectivity index (χ2n) is 6.23. The van der Waals surface area contributed by atoms with Crippen molar-refractivity contribution in [2.24, 2.45) is 10.9 Å². The van der Waals surface area contributed by atoms with Crippen molar-refractivity contribution in [1.82, 2.24) is 10.6 Å². The molecule has 146 valence electrons. The van der Waals surface area contributed by atoms with Crippen LogP contribution in [0.1, 0.15) is 32.8 Å². The standard InChI is InChI=1S/C19H32N4O3/c1-5-20-18(21-11-13-26-12-10-15(2)3)22-14-16-6-8-17(9-7-16)23-19(24)25-4/h6-9,15H,5,10-14H2,1-4H3,(H,23,24)(H2,20,21,22). The molecule has 0 unspecified atom stereocenters. The van der Waals surface area contributed by atoms with Gasteiger partial charge in [0.1, 0.15) is 0 Å². The Morgan fingerprint density at radius 1 is 1.15 bits per heavy atom. The third-order valence-electron chi connectivity index (χ3n) is 3.53. The topological polar surface area (TPSA) is 84.0 Å². The Kier molecular flexibility index (Phi) is 10.9. The highest BCUT2D eigenvalue weighted by Crippen LogP contribution is 2.10. The predicted molar refractivity (Wildman–Crippen MR) is 106 cm³/mol. The summed E-state index contributed by atoms with van der Waals surface area (Å²) < 4.78 is 10.2. The molecule has 1 aromatic rings. The first-order valence-electron chi connectivity index (χ1n) is 9.09. The molecule has 0 aromatic heterocycles. The summed E-state index contributed by atoms with van der Waals surface area (Å²) in [7, 11) is 1.34. The Morgan fingerprint density at radius 3 is 2.50 bits per heavy atom. The van der Waals surface area contributed by atoms with E-state index < -0.39 is 6.09 Å². The average molecular weight is 364 g/mol. The molecule has 7 nitrogen and oxygen atoms in total. The van der Waals surface area contributed by atoms with Crippen molar-refractivity contribution in [2.75, 3.05) is 38.7 Å². The monoisotopic (exact) mass is 364 g/mol. The normalized spacial score (nSPS) is 11.3. The van der Waals surface area contributed by atoms with Gasteiger partial charge in [-0.25, -0.2) is 9.79 Å². The van der Waals surface area contributed by atoms with E-state index in [9.17, 15) is 4.79 Å². The minimum Gasteiger partial charge on any atom is -0.453 e. The number of amides is 1. The van der Waals surface area contributed by atoms with Crippen LogP contribution in [-0.4, -0.2) is 45.5 Å². The van der Waals surface area contributed by atoms with Gasteiger partial charge in [0.2, 0.25) is 0 Å². The van der Waals surface area contributed by atoms with Crippen LogP contribution in [0.3, 0.4) is 0 Å². The number of nitrogens with zero attached hydrogens (tertiary/aromatic N) is 1. The Hall–Kier alpha value is -2.28. The number of carbonyl (C=O) groups excluding carboxylic acids is 1. The van der Waals surface area contributed by atoms with Crippen molar-refractivity contribution < 1.29 is 14.3 Å². The summed E-state index contributed by atoms with van der Waals surface area (Å²) in [5, 5.41) is 9.10. The van der Waals surface area contributed by atoms with Crippen molar-refractivity contribution in [3.8, 4) is 0 Å². The van der Waals surface area contributed by atoms with Crippen LogP contribution in [-0.2, 0) is 16.0 Å². The number of rotatable bonds is 10. The minimum atomic E-state index is -0.481. The van der Waals surface area contributed by atoms with Crippen molar-refractivity contribution >= 4 is 17.7 Å². The number of nitrogens with one attached hydrogen (secondary N) is 3. The molecule has 0 aliphatic carbocycles. The number of anilines is 1. The van der Waals surface area contributed by atoms with Crippen LogP contribution in [0.4, 0.5) is 10.5 Å². The summed E-state index contributed by atoms with van der Waals surface area (Å²) in [6.45, 7) is 9.91. The number of guanidine groups is 1. The fourth-order valence-corrected chi connectivity index (χ4v) is 2.04. The van der Waals surface area contributed by atoms with Gasteiger partial charge in [0.15, 0.2) is 5.96 Å². The molecule has 0 fully saturated rings. The smallest absolute Gasteiger partial charge is 0.411 e. The fraction of sp³-hybridized carbons (Fsp3) is 0.579. The van der Waals surface area contributed by atoms with E-state index in [1.165, 1.54) is 7.11 Å². The third kappa shape index (κ3) is 9.88. The van der Waals surface area contributed by atoms with Gasteiger partial charge in [-0.1, -0.05) is 26.0 Å². The molecule has 1 rings (SSSR count). The first-order chi connectivity index (χ1) is 12.5. The number of aliphatic imine (C=N–C) groups is 1. The van der Waals surface area contributed by atoms with Gasteiger partial charge in [0.25, 0.3) is 0 Å². The molecule has 0 spiro atoms. The second kappa shape index (κ2) is 13.0. The number of methoxy groups -OCH3 is 1. The van der Waals surface area contributed by atoms with Crippen LogP contribution in [0.5, 0.6) is 0 Å². The second-order valence-corrected chi connectivity index (χ2v) is 6.23. The first-order valence-corrected chi connectivity index (χ1v) is 9.09. The van der Waals surface area contributed by atoms with Gasteiger partial charge in [-0.3, -0.25) is 5.32 Å². The predicted octanol–water partition coefficient (Wildman–Crippen LogP) is 2.98. The van der Waals surface area contributed by atoms with Crippen LogP contribution in [0.15, 0.2) is 29.3 Å². The van der Waals surface area contributed by atoms with E-state index in [0.29, 0.717) is 31.3 Å². The van der Waals surface area contributed by atoms with E-state index in [1.54, 1.807) is 0 Å². The molecule has 1 aromatic carbocycles. The van der Waals surface area contributed by atoms with E-state index in [1.807, 2.05) is 31.2 Å². The van der Waals surface area contributed by atoms with Crippen LogP contribution in [0.25, 0.3) is 0 Å². The highest BCUT2D eigenvalue weighted by molar-refractivity contribution is 5.84. The van der Waals surface area contributed by atoms with Gasteiger partial charge >= 0.3 is 6.09 Å². The zero-order chi connectivity index (χ0) is 19.2. The van der Waals surface area contributed by atoms with Crippen LogP contribution >= 0.6 is 0 Å². The van der Waals surface area contributed by atoms with E-state index >= 15 is 0 Å². The maximum atomic E-state index is 11.2. The van der Waals surface area contributed by atoms with Gasteiger partial charge in [-0.2, -0.15) is 0 Å². The molecule has 0 heterocycles. The zero-order valence-corrected chi connectivity index (χ0v) is 16.3. The molecule has 1 amide bonds. The van der Waals surface area contributed by atoms with Crippen molar-refractivity contribution in [1.29, 1.82) is 0 Å². The van der Waals surface area contributed by atoms with Crippen molar-refractivity contribution in [3.05, 3.63) is 29.8 Å². The van der Waals surface area contributed by atoms with E-state index in [2.05, 4.69) is 39.5 Å². The molecule has 0 saturated carbocycles. The summed E-state index contributed by atoms with van der Waals surface area (Å²) in [5.74, 6) is 1.42. The molecule has 7 heteroatoms. The highest BCUT2D eigenvalue weighted by Gasteiger charge is 2.01. The SMILES string of the molecule is CCNC(=NCc1ccc(NC(=O)OC)cc1)NCCOCCC(C)C. The maximum absolute atomic E-state index is 11.2. The largest absolute Gasteiger partial charge is 0.453 e. The zero-order valence-electron chi connectivity index (χ0n) is 16.3. The summed E-state index contributed by atoms with van der Waals surface area (Å²) in [6, 6.07) is 7.50. The lowest BCUT2D eigenvalue weighted by atomic mass is 10.1.